The zero-order valence-corrected chi connectivity index (χ0v) is 18.3. The van der Waals surface area contributed by atoms with Crippen LogP contribution in [-0.2, 0) is 18.3 Å². The van der Waals surface area contributed by atoms with Gasteiger partial charge in [-0.25, -0.2) is 9.97 Å². The number of rotatable bonds is 7. The number of anilines is 1. The number of aryl methyl sites for hydroxylation is 3. The van der Waals surface area contributed by atoms with Crippen LogP contribution in [-0.4, -0.2) is 44.0 Å². The molecule has 9 heteroatoms. The minimum absolute atomic E-state index is 0.450. The summed E-state index contributed by atoms with van der Waals surface area (Å²) in [6, 6.07) is 10.3. The molecule has 30 heavy (non-hydrogen) atoms. The number of hydrogen-bond donors (Lipinski definition) is 2. The zero-order valence-electron chi connectivity index (χ0n) is 17.5. The number of aromatic nitrogens is 4. The van der Waals surface area contributed by atoms with Gasteiger partial charge in [-0.2, -0.15) is 0 Å². The van der Waals surface area contributed by atoms with Gasteiger partial charge in [0, 0.05) is 25.6 Å². The van der Waals surface area contributed by atoms with E-state index in [1.807, 2.05) is 30.8 Å². The van der Waals surface area contributed by atoms with E-state index in [-0.39, 0.29) is 0 Å². The van der Waals surface area contributed by atoms with E-state index in [9.17, 15) is 0 Å². The predicted molar refractivity (Wildman–Crippen MR) is 117 cm³/mol. The molecule has 160 valence electrons. The first-order chi connectivity index (χ1) is 14.3. The van der Waals surface area contributed by atoms with Gasteiger partial charge in [-0.3, -0.25) is 9.48 Å². The number of nitrogens with zero attached hydrogens (tertiary/aromatic N) is 4. The van der Waals surface area contributed by atoms with Crippen molar-refractivity contribution >= 4 is 23.4 Å². The Hall–Kier alpha value is -3.13. The Bertz CT molecular complexity index is 987. The smallest absolute Gasteiger partial charge is 0.300 e. The molecule has 0 aliphatic rings. The Labute approximate surface area is 180 Å². The number of benzene rings is 1. The van der Waals surface area contributed by atoms with Gasteiger partial charge in [0.25, 0.3) is 5.97 Å². The normalized spacial score (nSPS) is 10.2. The first-order valence-corrected chi connectivity index (χ1v) is 9.86. The highest BCUT2D eigenvalue weighted by molar-refractivity contribution is 6.33. The number of carbonyl (C=O) groups is 1. The fourth-order valence-corrected chi connectivity index (χ4v) is 2.99. The Morgan fingerprint density at radius 2 is 2.03 bits per heavy atom. The molecule has 0 fully saturated rings. The average molecular weight is 432 g/mol. The van der Waals surface area contributed by atoms with Gasteiger partial charge in [-0.05, 0) is 19.4 Å². The van der Waals surface area contributed by atoms with Crippen molar-refractivity contribution in [2.45, 2.75) is 27.2 Å². The van der Waals surface area contributed by atoms with Crippen LogP contribution < -0.4 is 10.1 Å². The summed E-state index contributed by atoms with van der Waals surface area (Å²) < 4.78 is 7.58. The molecule has 0 saturated heterocycles. The molecule has 2 aromatic heterocycles. The quantitative estimate of drug-likeness (QED) is 0.545. The second kappa shape index (κ2) is 11.2. The third-order valence-electron chi connectivity index (χ3n) is 4.01. The molecule has 8 nitrogen and oxygen atoms in total. The second-order valence-electron chi connectivity index (χ2n) is 6.49. The van der Waals surface area contributed by atoms with Gasteiger partial charge in [0.2, 0.25) is 5.88 Å². The van der Waals surface area contributed by atoms with Crippen LogP contribution >= 0.6 is 11.6 Å². The average Bonchev–Trinajstić information content (AvgIpc) is 3.06. The molecule has 0 unspecified atom stereocenters. The van der Waals surface area contributed by atoms with Crippen LogP contribution in [0.4, 0.5) is 5.82 Å². The first kappa shape index (κ1) is 23.2. The Morgan fingerprint density at radius 3 is 2.70 bits per heavy atom. The Kier molecular flexibility index (Phi) is 8.61. The third kappa shape index (κ3) is 6.73. The monoisotopic (exact) mass is 431 g/mol. The van der Waals surface area contributed by atoms with E-state index in [1.54, 1.807) is 0 Å². The maximum Gasteiger partial charge on any atom is 0.300 e. The van der Waals surface area contributed by atoms with E-state index in [0.29, 0.717) is 29.9 Å². The van der Waals surface area contributed by atoms with Crippen LogP contribution in [0.3, 0.4) is 0 Å². The summed E-state index contributed by atoms with van der Waals surface area (Å²) in [5.74, 6) is 0.387. The highest BCUT2D eigenvalue weighted by atomic mass is 35.5. The molecule has 0 aliphatic carbocycles. The fraction of sp³-hybridized carbons (Fsp3) is 0.333. The van der Waals surface area contributed by atoms with Crippen molar-refractivity contribution in [1.82, 2.24) is 19.7 Å². The van der Waals surface area contributed by atoms with Crippen LogP contribution in [0.25, 0.3) is 11.3 Å². The maximum absolute atomic E-state index is 9.00. The molecule has 2 N–H and O–H groups in total. The minimum atomic E-state index is -0.833. The standard InChI is InChI=1S/C19H22ClN5O.C2H4O2/c1-4-15-18(20)19(23-12-22-15)21-8-9-26-17-11-16(25(3)24-17)14-7-5-6-13(2)10-14;1-2(3)4/h5-7,10-12H,4,8-9H2,1-3H3,(H,21,22,23);1H3,(H,3,4). The van der Waals surface area contributed by atoms with Crippen LogP contribution in [0, 0.1) is 6.92 Å². The van der Waals surface area contributed by atoms with Crippen molar-refractivity contribution in [3.63, 3.8) is 0 Å². The summed E-state index contributed by atoms with van der Waals surface area (Å²) in [6.07, 6.45) is 2.28. The number of hydrogen-bond acceptors (Lipinski definition) is 6. The summed E-state index contributed by atoms with van der Waals surface area (Å²) in [4.78, 5) is 17.3. The summed E-state index contributed by atoms with van der Waals surface area (Å²) in [6.45, 7) is 6.18. The Balaban J connectivity index is 0.000000735. The number of nitrogens with one attached hydrogen (secondary N) is 1. The molecular formula is C21H26ClN5O3. The number of ether oxygens (including phenoxy) is 1. The summed E-state index contributed by atoms with van der Waals surface area (Å²) in [5, 5.41) is 15.6. The van der Waals surface area contributed by atoms with E-state index < -0.39 is 5.97 Å². The summed E-state index contributed by atoms with van der Waals surface area (Å²) in [5.41, 5.74) is 4.18. The predicted octanol–water partition coefficient (Wildman–Crippen LogP) is 3.98. The van der Waals surface area contributed by atoms with Gasteiger partial charge < -0.3 is 15.2 Å². The molecule has 0 radical (unpaired) electrons. The van der Waals surface area contributed by atoms with Crippen molar-refractivity contribution in [2.75, 3.05) is 18.5 Å². The minimum Gasteiger partial charge on any atom is -0.481 e. The lowest BCUT2D eigenvalue weighted by Crippen LogP contribution is -2.13. The second-order valence-corrected chi connectivity index (χ2v) is 6.87. The van der Waals surface area contributed by atoms with Crippen molar-refractivity contribution in [1.29, 1.82) is 0 Å². The topological polar surface area (TPSA) is 102 Å². The molecule has 1 aromatic carbocycles. The SMILES string of the molecule is CC(=O)O.CCc1ncnc(NCCOc2cc(-c3cccc(C)c3)n(C)n2)c1Cl. The van der Waals surface area contributed by atoms with Crippen LogP contribution in [0.2, 0.25) is 5.02 Å². The van der Waals surface area contributed by atoms with E-state index in [4.69, 9.17) is 26.2 Å². The van der Waals surface area contributed by atoms with Crippen LogP contribution in [0.15, 0.2) is 36.7 Å². The lowest BCUT2D eigenvalue weighted by Gasteiger charge is -2.09. The third-order valence-corrected chi connectivity index (χ3v) is 4.41. The van der Waals surface area contributed by atoms with Crippen molar-refractivity contribution in [2.24, 2.45) is 7.05 Å². The van der Waals surface area contributed by atoms with E-state index in [0.717, 1.165) is 30.3 Å². The fourth-order valence-electron chi connectivity index (χ4n) is 2.69. The number of carboxylic acid groups (broad SMARTS) is 1. The molecule has 3 aromatic rings. The number of halogens is 1. The number of carboxylic acids is 1. The number of aliphatic carboxylic acids is 1. The van der Waals surface area contributed by atoms with Gasteiger partial charge in [0.15, 0.2) is 0 Å². The molecule has 0 saturated carbocycles. The summed E-state index contributed by atoms with van der Waals surface area (Å²) >= 11 is 6.27. The van der Waals surface area contributed by atoms with Gasteiger partial charge in [-0.1, -0.05) is 42.3 Å². The highest BCUT2D eigenvalue weighted by Gasteiger charge is 2.10. The van der Waals surface area contributed by atoms with E-state index in [2.05, 4.69) is 45.5 Å². The van der Waals surface area contributed by atoms with E-state index in [1.165, 1.54) is 11.9 Å². The van der Waals surface area contributed by atoms with Gasteiger partial charge >= 0.3 is 0 Å². The van der Waals surface area contributed by atoms with Crippen LogP contribution in [0.1, 0.15) is 25.1 Å². The first-order valence-electron chi connectivity index (χ1n) is 9.48. The zero-order chi connectivity index (χ0) is 22.1. The molecule has 2 heterocycles. The molecule has 0 spiro atoms. The summed E-state index contributed by atoms with van der Waals surface area (Å²) in [7, 11) is 1.91. The molecule has 0 atom stereocenters. The molecule has 3 rings (SSSR count). The van der Waals surface area contributed by atoms with Gasteiger partial charge in [0.1, 0.15) is 23.8 Å². The highest BCUT2D eigenvalue weighted by Crippen LogP contribution is 2.24. The molecule has 0 bridgehead atoms. The van der Waals surface area contributed by atoms with Crippen molar-refractivity contribution in [3.05, 3.63) is 52.9 Å². The van der Waals surface area contributed by atoms with E-state index >= 15 is 0 Å². The van der Waals surface area contributed by atoms with Crippen molar-refractivity contribution in [3.8, 4) is 17.1 Å². The maximum atomic E-state index is 9.00. The van der Waals surface area contributed by atoms with Gasteiger partial charge in [0.05, 0.1) is 17.9 Å². The Morgan fingerprint density at radius 1 is 1.30 bits per heavy atom. The lowest BCUT2D eigenvalue weighted by molar-refractivity contribution is -0.134. The van der Waals surface area contributed by atoms with Crippen LogP contribution in [0.5, 0.6) is 5.88 Å². The molecular weight excluding hydrogens is 406 g/mol. The van der Waals surface area contributed by atoms with Crippen molar-refractivity contribution < 1.29 is 14.6 Å². The lowest BCUT2D eigenvalue weighted by atomic mass is 10.1. The largest absolute Gasteiger partial charge is 0.481 e. The molecule has 0 aliphatic heterocycles. The van der Waals surface area contributed by atoms with Gasteiger partial charge in [-0.15, -0.1) is 5.10 Å². The molecule has 0 amide bonds.